The molecule has 0 aliphatic heterocycles. The Labute approximate surface area is 133 Å². The first-order valence-electron chi connectivity index (χ1n) is 7.00. The lowest BCUT2D eigenvalue weighted by atomic mass is 10.1. The zero-order valence-electron chi connectivity index (χ0n) is 12.5. The molecule has 0 unspecified atom stereocenters. The number of aliphatic hydroxyl groups excluding tert-OH is 1. The van der Waals surface area contributed by atoms with E-state index >= 15 is 0 Å². The molecule has 0 aliphatic rings. The summed E-state index contributed by atoms with van der Waals surface area (Å²) in [5, 5.41) is 17.9. The summed E-state index contributed by atoms with van der Waals surface area (Å²) in [5.41, 5.74) is 4.54. The van der Waals surface area contributed by atoms with Gasteiger partial charge in [0.25, 0.3) is 0 Å². The minimum absolute atomic E-state index is 0.134. The summed E-state index contributed by atoms with van der Waals surface area (Å²) in [5.74, 6) is 0. The van der Waals surface area contributed by atoms with Crippen molar-refractivity contribution in [3.05, 3.63) is 59.8 Å². The number of aryl methyl sites for hydroxylation is 1. The second-order valence-electron chi connectivity index (χ2n) is 5.02. The molecule has 1 aromatic heterocycles. The summed E-state index contributed by atoms with van der Waals surface area (Å²) in [6, 6.07) is 16.3. The van der Waals surface area contributed by atoms with E-state index < -0.39 is 0 Å². The van der Waals surface area contributed by atoms with Crippen LogP contribution in [0.15, 0.2) is 53.4 Å². The maximum atomic E-state index is 9.58. The SMILES string of the molecule is CSc1cccc(-n2nnc(CO)c2-c2ccc(C)cc2)c1. The average molecular weight is 311 g/mol. The van der Waals surface area contributed by atoms with Gasteiger partial charge in [-0.25, -0.2) is 4.68 Å². The number of rotatable bonds is 4. The third-order valence-electron chi connectivity index (χ3n) is 3.51. The summed E-state index contributed by atoms with van der Waals surface area (Å²) in [7, 11) is 0. The molecule has 0 atom stereocenters. The largest absolute Gasteiger partial charge is 0.390 e. The highest BCUT2D eigenvalue weighted by molar-refractivity contribution is 7.98. The molecular formula is C17H17N3OS. The van der Waals surface area contributed by atoms with Crippen molar-refractivity contribution in [2.75, 3.05) is 6.26 Å². The normalized spacial score (nSPS) is 10.9. The van der Waals surface area contributed by atoms with Crippen LogP contribution in [0.5, 0.6) is 0 Å². The van der Waals surface area contributed by atoms with Gasteiger partial charge in [0.05, 0.1) is 12.3 Å². The van der Waals surface area contributed by atoms with Crippen LogP contribution in [-0.2, 0) is 6.61 Å². The Balaban J connectivity index is 2.16. The number of nitrogens with zero attached hydrogens (tertiary/aromatic N) is 3. The van der Waals surface area contributed by atoms with Gasteiger partial charge >= 0.3 is 0 Å². The van der Waals surface area contributed by atoms with Crippen LogP contribution in [0.3, 0.4) is 0 Å². The van der Waals surface area contributed by atoms with E-state index in [1.54, 1.807) is 16.4 Å². The van der Waals surface area contributed by atoms with Crippen LogP contribution in [0.2, 0.25) is 0 Å². The second-order valence-corrected chi connectivity index (χ2v) is 5.90. The molecule has 3 aromatic rings. The Kier molecular flexibility index (Phi) is 4.27. The third kappa shape index (κ3) is 2.77. The van der Waals surface area contributed by atoms with E-state index in [2.05, 4.69) is 22.4 Å². The molecule has 0 spiro atoms. The Morgan fingerprint density at radius 1 is 1.14 bits per heavy atom. The first kappa shape index (κ1) is 14.8. The Morgan fingerprint density at radius 2 is 1.91 bits per heavy atom. The van der Waals surface area contributed by atoms with Crippen LogP contribution in [0.25, 0.3) is 16.9 Å². The standard InChI is InChI=1S/C17H17N3OS/c1-12-6-8-13(9-7-12)17-16(11-21)18-19-20(17)14-4-3-5-15(10-14)22-2/h3-10,21H,11H2,1-2H3. The van der Waals surface area contributed by atoms with Gasteiger partial charge in [-0.1, -0.05) is 41.1 Å². The molecule has 0 amide bonds. The maximum absolute atomic E-state index is 9.58. The lowest BCUT2D eigenvalue weighted by molar-refractivity contribution is 0.277. The number of thioether (sulfide) groups is 1. The fourth-order valence-electron chi connectivity index (χ4n) is 2.34. The van der Waals surface area contributed by atoms with E-state index in [9.17, 15) is 5.11 Å². The van der Waals surface area contributed by atoms with Crippen LogP contribution in [0.4, 0.5) is 0 Å². The summed E-state index contributed by atoms with van der Waals surface area (Å²) < 4.78 is 1.79. The van der Waals surface area contributed by atoms with Crippen molar-refractivity contribution in [1.82, 2.24) is 15.0 Å². The Hall–Kier alpha value is -2.11. The van der Waals surface area contributed by atoms with Gasteiger partial charge in [-0.3, -0.25) is 0 Å². The monoisotopic (exact) mass is 311 g/mol. The van der Waals surface area contributed by atoms with Crippen LogP contribution in [-0.4, -0.2) is 26.4 Å². The Bertz CT molecular complexity index is 781. The summed E-state index contributed by atoms with van der Waals surface area (Å²) >= 11 is 1.68. The van der Waals surface area contributed by atoms with E-state index in [1.807, 2.05) is 49.6 Å². The van der Waals surface area contributed by atoms with Gasteiger partial charge in [0, 0.05) is 10.5 Å². The highest BCUT2D eigenvalue weighted by Gasteiger charge is 2.15. The highest BCUT2D eigenvalue weighted by Crippen LogP contribution is 2.27. The van der Waals surface area contributed by atoms with Crippen LogP contribution in [0.1, 0.15) is 11.3 Å². The molecule has 0 radical (unpaired) electrons. The van der Waals surface area contributed by atoms with Crippen molar-refractivity contribution in [3.8, 4) is 16.9 Å². The van der Waals surface area contributed by atoms with Crippen molar-refractivity contribution in [2.24, 2.45) is 0 Å². The van der Waals surface area contributed by atoms with Crippen molar-refractivity contribution in [3.63, 3.8) is 0 Å². The third-order valence-corrected chi connectivity index (χ3v) is 4.24. The van der Waals surface area contributed by atoms with Gasteiger partial charge in [-0.05, 0) is 31.4 Å². The topological polar surface area (TPSA) is 50.9 Å². The quantitative estimate of drug-likeness (QED) is 0.750. The second kappa shape index (κ2) is 6.34. The van der Waals surface area contributed by atoms with E-state index in [1.165, 1.54) is 5.56 Å². The molecular weight excluding hydrogens is 294 g/mol. The fourth-order valence-corrected chi connectivity index (χ4v) is 2.80. The van der Waals surface area contributed by atoms with E-state index in [4.69, 9.17) is 0 Å². The average Bonchev–Trinajstić information content (AvgIpc) is 2.99. The zero-order valence-corrected chi connectivity index (χ0v) is 13.3. The minimum Gasteiger partial charge on any atom is -0.390 e. The predicted octanol–water partition coefficient (Wildman–Crippen LogP) is 3.46. The van der Waals surface area contributed by atoms with E-state index in [0.29, 0.717) is 5.69 Å². The molecule has 1 N–H and O–H groups in total. The minimum atomic E-state index is -0.134. The molecule has 3 rings (SSSR count). The van der Waals surface area contributed by atoms with Gasteiger partial charge in [-0.2, -0.15) is 0 Å². The highest BCUT2D eigenvalue weighted by atomic mass is 32.2. The van der Waals surface area contributed by atoms with Gasteiger partial charge in [0.1, 0.15) is 11.4 Å². The molecule has 1 heterocycles. The number of aliphatic hydroxyl groups is 1. The molecule has 22 heavy (non-hydrogen) atoms. The maximum Gasteiger partial charge on any atom is 0.117 e. The molecule has 112 valence electrons. The number of hydrogen-bond donors (Lipinski definition) is 1. The van der Waals surface area contributed by atoms with Gasteiger partial charge in [0.15, 0.2) is 0 Å². The predicted molar refractivity (Wildman–Crippen MR) is 89.2 cm³/mol. The smallest absolute Gasteiger partial charge is 0.117 e. The fraction of sp³-hybridized carbons (Fsp3) is 0.176. The molecule has 2 aromatic carbocycles. The van der Waals surface area contributed by atoms with Gasteiger partial charge < -0.3 is 5.11 Å². The van der Waals surface area contributed by atoms with Crippen LogP contribution < -0.4 is 0 Å². The molecule has 0 bridgehead atoms. The zero-order chi connectivity index (χ0) is 15.5. The molecule has 5 heteroatoms. The van der Waals surface area contributed by atoms with Gasteiger partial charge in [-0.15, -0.1) is 16.9 Å². The van der Waals surface area contributed by atoms with Crippen molar-refractivity contribution >= 4 is 11.8 Å². The first-order chi connectivity index (χ1) is 10.7. The first-order valence-corrected chi connectivity index (χ1v) is 8.22. The molecule has 0 aliphatic carbocycles. The molecule has 0 fully saturated rings. The molecule has 0 saturated heterocycles. The van der Waals surface area contributed by atoms with Crippen molar-refractivity contribution < 1.29 is 5.11 Å². The van der Waals surface area contributed by atoms with Crippen LogP contribution in [0, 0.1) is 6.92 Å². The Morgan fingerprint density at radius 3 is 2.59 bits per heavy atom. The van der Waals surface area contributed by atoms with Crippen molar-refractivity contribution in [2.45, 2.75) is 18.4 Å². The van der Waals surface area contributed by atoms with Crippen molar-refractivity contribution in [1.29, 1.82) is 0 Å². The van der Waals surface area contributed by atoms with Crippen LogP contribution >= 0.6 is 11.8 Å². The van der Waals surface area contributed by atoms with E-state index in [0.717, 1.165) is 21.8 Å². The van der Waals surface area contributed by atoms with E-state index in [-0.39, 0.29) is 6.61 Å². The number of benzene rings is 2. The number of hydrogen-bond acceptors (Lipinski definition) is 4. The summed E-state index contributed by atoms with van der Waals surface area (Å²) in [6.45, 7) is 1.92. The van der Waals surface area contributed by atoms with Gasteiger partial charge in [0.2, 0.25) is 0 Å². The number of aromatic nitrogens is 3. The lowest BCUT2D eigenvalue weighted by Gasteiger charge is -2.09. The molecule has 4 nitrogen and oxygen atoms in total. The summed E-state index contributed by atoms with van der Waals surface area (Å²) in [4.78, 5) is 1.16. The lowest BCUT2D eigenvalue weighted by Crippen LogP contribution is -2.00. The summed E-state index contributed by atoms with van der Waals surface area (Å²) in [6.07, 6.45) is 2.04. The molecule has 0 saturated carbocycles.